The molecule has 148 valence electrons. The molecule has 0 radical (unpaired) electrons. The summed E-state index contributed by atoms with van der Waals surface area (Å²) in [6.07, 6.45) is 2.78. The fourth-order valence-electron chi connectivity index (χ4n) is 2.23. The Morgan fingerprint density at radius 2 is 1.79 bits per heavy atom. The molecule has 0 aromatic heterocycles. The lowest BCUT2D eigenvalue weighted by Gasteiger charge is -2.12. The summed E-state index contributed by atoms with van der Waals surface area (Å²) in [6.45, 7) is 4.26. The second kappa shape index (κ2) is 10.3. The van der Waals surface area contributed by atoms with Crippen LogP contribution in [0.2, 0.25) is 0 Å². The van der Waals surface area contributed by atoms with Crippen molar-refractivity contribution in [3.8, 4) is 11.5 Å². The van der Waals surface area contributed by atoms with Crippen LogP contribution in [0.5, 0.6) is 11.5 Å². The maximum Gasteiger partial charge on any atom is 0.331 e. The molecule has 0 spiro atoms. The molecule has 0 bridgehead atoms. The van der Waals surface area contributed by atoms with Crippen LogP contribution in [0.3, 0.4) is 0 Å². The molecule has 0 fully saturated rings. The first kappa shape index (κ1) is 21.2. The summed E-state index contributed by atoms with van der Waals surface area (Å²) in [5.41, 5.74) is 0.996. The number of carbonyl (C=O) groups is 2. The molecule has 6 heteroatoms. The average molecular weight is 386 g/mol. The summed E-state index contributed by atoms with van der Waals surface area (Å²) in [6, 6.07) is 10.3. The SMILES string of the molecule is COc1cc(C=CC(=O)OCC(=O)c2ccc(F)cc2)ccc1OCC(C)C. The van der Waals surface area contributed by atoms with Crippen LogP contribution >= 0.6 is 0 Å². The molecular formula is C22H23FO5. The number of ether oxygens (including phenoxy) is 3. The average Bonchev–Trinajstić information content (AvgIpc) is 2.69. The molecular weight excluding hydrogens is 363 g/mol. The molecule has 0 saturated heterocycles. The number of methoxy groups -OCH3 is 1. The summed E-state index contributed by atoms with van der Waals surface area (Å²) in [5.74, 6) is 0.0670. The highest BCUT2D eigenvalue weighted by molar-refractivity contribution is 5.98. The van der Waals surface area contributed by atoms with Crippen LogP contribution in [0, 0.1) is 11.7 Å². The van der Waals surface area contributed by atoms with Crippen LogP contribution in [0.15, 0.2) is 48.5 Å². The standard InChI is InChI=1S/C22H23FO5/c1-15(2)13-27-20-10-4-16(12-21(20)26-3)5-11-22(25)28-14-19(24)17-6-8-18(23)9-7-17/h4-12,15H,13-14H2,1-3H3. The number of esters is 1. The number of Topliss-reactive ketones (excluding diaryl/α,β-unsaturated/α-hetero) is 1. The van der Waals surface area contributed by atoms with E-state index in [0.717, 1.165) is 5.56 Å². The van der Waals surface area contributed by atoms with Crippen LogP contribution < -0.4 is 9.47 Å². The third-order valence-electron chi connectivity index (χ3n) is 3.68. The molecule has 0 atom stereocenters. The first-order valence-corrected chi connectivity index (χ1v) is 8.83. The molecule has 0 N–H and O–H groups in total. The highest BCUT2D eigenvalue weighted by Crippen LogP contribution is 2.29. The van der Waals surface area contributed by atoms with Gasteiger partial charge in [0.25, 0.3) is 0 Å². The van der Waals surface area contributed by atoms with Gasteiger partial charge in [0.05, 0.1) is 13.7 Å². The molecule has 2 rings (SSSR count). The van der Waals surface area contributed by atoms with Crippen LogP contribution in [0.1, 0.15) is 29.8 Å². The molecule has 28 heavy (non-hydrogen) atoms. The topological polar surface area (TPSA) is 61.8 Å². The lowest BCUT2D eigenvalue weighted by atomic mass is 10.1. The van der Waals surface area contributed by atoms with E-state index in [9.17, 15) is 14.0 Å². The summed E-state index contributed by atoms with van der Waals surface area (Å²) >= 11 is 0. The van der Waals surface area contributed by atoms with Gasteiger partial charge in [-0.1, -0.05) is 19.9 Å². The fraction of sp³-hybridized carbons (Fsp3) is 0.273. The quantitative estimate of drug-likeness (QED) is 0.365. The Hall–Kier alpha value is -3.15. The molecule has 0 aliphatic rings. The zero-order valence-corrected chi connectivity index (χ0v) is 16.1. The number of carbonyl (C=O) groups excluding carboxylic acids is 2. The van der Waals surface area contributed by atoms with E-state index >= 15 is 0 Å². The van der Waals surface area contributed by atoms with Crippen molar-refractivity contribution in [3.63, 3.8) is 0 Å². The van der Waals surface area contributed by atoms with Gasteiger partial charge >= 0.3 is 5.97 Å². The Kier molecular flexibility index (Phi) is 7.75. The molecule has 0 aliphatic carbocycles. The zero-order chi connectivity index (χ0) is 20.5. The van der Waals surface area contributed by atoms with Crippen molar-refractivity contribution in [2.24, 2.45) is 5.92 Å². The number of hydrogen-bond donors (Lipinski definition) is 0. The predicted molar refractivity (Wildman–Crippen MR) is 104 cm³/mol. The third kappa shape index (κ3) is 6.54. The van der Waals surface area contributed by atoms with Crippen LogP contribution in [0.25, 0.3) is 6.08 Å². The highest BCUT2D eigenvalue weighted by atomic mass is 19.1. The van der Waals surface area contributed by atoms with E-state index < -0.39 is 24.2 Å². The summed E-state index contributed by atoms with van der Waals surface area (Å²) in [7, 11) is 1.54. The van der Waals surface area contributed by atoms with Gasteiger partial charge in [0.15, 0.2) is 23.9 Å². The fourth-order valence-corrected chi connectivity index (χ4v) is 2.23. The Bertz CT molecular complexity index is 841. The molecule has 0 aliphatic heterocycles. The third-order valence-corrected chi connectivity index (χ3v) is 3.68. The van der Waals surface area contributed by atoms with E-state index in [4.69, 9.17) is 14.2 Å². The molecule has 0 heterocycles. The van der Waals surface area contributed by atoms with Gasteiger partial charge in [0.1, 0.15) is 5.82 Å². The Morgan fingerprint density at radius 3 is 2.43 bits per heavy atom. The second-order valence-electron chi connectivity index (χ2n) is 6.49. The van der Waals surface area contributed by atoms with Crippen molar-refractivity contribution < 1.29 is 28.2 Å². The Balaban J connectivity index is 1.92. The molecule has 2 aromatic carbocycles. The van der Waals surface area contributed by atoms with E-state index in [-0.39, 0.29) is 5.56 Å². The zero-order valence-electron chi connectivity index (χ0n) is 16.1. The van der Waals surface area contributed by atoms with Gasteiger partial charge in [-0.25, -0.2) is 9.18 Å². The molecule has 5 nitrogen and oxygen atoms in total. The van der Waals surface area contributed by atoms with Gasteiger partial charge in [-0.3, -0.25) is 4.79 Å². The van der Waals surface area contributed by atoms with Gasteiger partial charge in [0, 0.05) is 11.6 Å². The van der Waals surface area contributed by atoms with Crippen molar-refractivity contribution >= 4 is 17.8 Å². The largest absolute Gasteiger partial charge is 0.493 e. The van der Waals surface area contributed by atoms with E-state index in [2.05, 4.69) is 13.8 Å². The lowest BCUT2D eigenvalue weighted by molar-refractivity contribution is -0.136. The lowest BCUT2D eigenvalue weighted by Crippen LogP contribution is -2.12. The number of halogens is 1. The van der Waals surface area contributed by atoms with Crippen molar-refractivity contribution in [1.29, 1.82) is 0 Å². The summed E-state index contributed by atoms with van der Waals surface area (Å²) < 4.78 is 28.8. The van der Waals surface area contributed by atoms with Gasteiger partial charge in [-0.15, -0.1) is 0 Å². The van der Waals surface area contributed by atoms with Gasteiger partial charge < -0.3 is 14.2 Å². The number of benzene rings is 2. The van der Waals surface area contributed by atoms with Crippen molar-refractivity contribution in [2.45, 2.75) is 13.8 Å². The first-order valence-electron chi connectivity index (χ1n) is 8.83. The number of hydrogen-bond acceptors (Lipinski definition) is 5. The maximum absolute atomic E-state index is 12.9. The van der Waals surface area contributed by atoms with Crippen LogP contribution in [-0.2, 0) is 9.53 Å². The normalized spacial score (nSPS) is 10.9. The first-order chi connectivity index (χ1) is 13.4. The van der Waals surface area contributed by atoms with Crippen LogP contribution in [-0.4, -0.2) is 32.1 Å². The van der Waals surface area contributed by atoms with E-state index in [0.29, 0.717) is 24.0 Å². The number of ketones is 1. The molecule has 0 saturated carbocycles. The summed E-state index contributed by atoms with van der Waals surface area (Å²) in [4.78, 5) is 23.7. The molecule has 0 amide bonds. The predicted octanol–water partition coefficient (Wildman–Crippen LogP) is 4.31. The minimum absolute atomic E-state index is 0.278. The molecule has 2 aromatic rings. The van der Waals surface area contributed by atoms with Crippen molar-refractivity contribution in [2.75, 3.05) is 20.3 Å². The van der Waals surface area contributed by atoms with E-state index in [1.165, 1.54) is 30.3 Å². The van der Waals surface area contributed by atoms with Crippen molar-refractivity contribution in [3.05, 3.63) is 65.5 Å². The van der Waals surface area contributed by atoms with Gasteiger partial charge in [0.2, 0.25) is 0 Å². The highest BCUT2D eigenvalue weighted by Gasteiger charge is 2.09. The van der Waals surface area contributed by atoms with E-state index in [1.807, 2.05) is 0 Å². The Morgan fingerprint density at radius 1 is 1.07 bits per heavy atom. The summed E-state index contributed by atoms with van der Waals surface area (Å²) in [5, 5.41) is 0. The Labute approximate surface area is 163 Å². The minimum atomic E-state index is -0.658. The molecule has 0 unspecified atom stereocenters. The van der Waals surface area contributed by atoms with Crippen molar-refractivity contribution in [1.82, 2.24) is 0 Å². The monoisotopic (exact) mass is 386 g/mol. The van der Waals surface area contributed by atoms with Gasteiger partial charge in [-0.05, 0) is 54.0 Å². The van der Waals surface area contributed by atoms with Crippen LogP contribution in [0.4, 0.5) is 4.39 Å². The minimum Gasteiger partial charge on any atom is -0.493 e. The maximum atomic E-state index is 12.9. The second-order valence-corrected chi connectivity index (χ2v) is 6.49. The van der Waals surface area contributed by atoms with Gasteiger partial charge in [-0.2, -0.15) is 0 Å². The van der Waals surface area contributed by atoms with E-state index in [1.54, 1.807) is 31.4 Å². The smallest absolute Gasteiger partial charge is 0.331 e. The number of rotatable bonds is 9.